The van der Waals surface area contributed by atoms with Crippen LogP contribution in [0.1, 0.15) is 59.7 Å². The molecule has 266 valence electrons. The number of fused-ring (bicyclic) bond motifs is 1. The predicted octanol–water partition coefficient (Wildman–Crippen LogP) is 3.22. The second-order valence-corrected chi connectivity index (χ2v) is 11.8. The van der Waals surface area contributed by atoms with Gasteiger partial charge in [0.2, 0.25) is 17.7 Å². The highest BCUT2D eigenvalue weighted by atomic mass is 16.5. The molecule has 1 aliphatic rings. The number of rotatable bonds is 17. The number of ether oxygens (including phenoxy) is 2. The molecule has 3 aromatic carbocycles. The number of carbonyl (C=O) groups excluding carboxylic acids is 4. The summed E-state index contributed by atoms with van der Waals surface area (Å²) < 4.78 is 11.7. The van der Waals surface area contributed by atoms with E-state index in [0.29, 0.717) is 59.0 Å². The van der Waals surface area contributed by atoms with Crippen molar-refractivity contribution in [2.75, 3.05) is 42.8 Å². The highest BCUT2D eigenvalue weighted by Crippen LogP contribution is 2.37. The highest BCUT2D eigenvalue weighted by Gasteiger charge is 2.28. The van der Waals surface area contributed by atoms with Gasteiger partial charge in [-0.05, 0) is 73.2 Å². The fourth-order valence-electron chi connectivity index (χ4n) is 5.52. The number of carboxylic acid groups (broad SMARTS) is 1. The van der Waals surface area contributed by atoms with E-state index in [1.807, 2.05) is 24.3 Å². The molecule has 0 aliphatic carbocycles. The van der Waals surface area contributed by atoms with Crippen LogP contribution in [0.5, 0.6) is 11.5 Å². The number of benzene rings is 3. The molecule has 0 saturated heterocycles. The topological polar surface area (TPSA) is 196 Å². The summed E-state index contributed by atoms with van der Waals surface area (Å²) in [5.74, 6) is -1.87. The van der Waals surface area contributed by atoms with E-state index in [-0.39, 0.29) is 38.5 Å². The van der Waals surface area contributed by atoms with Gasteiger partial charge in [0.25, 0.3) is 5.91 Å². The monoisotopic (exact) mass is 689 g/mol. The highest BCUT2D eigenvalue weighted by molar-refractivity contribution is 6.11. The maximum absolute atomic E-state index is 13.6. The van der Waals surface area contributed by atoms with Gasteiger partial charge in [-0.1, -0.05) is 18.2 Å². The molecule has 4 amide bonds. The Bertz CT molecular complexity index is 1730. The van der Waals surface area contributed by atoms with Crippen molar-refractivity contribution < 1.29 is 43.7 Å². The average Bonchev–Trinajstić information content (AvgIpc) is 3.55. The lowest BCUT2D eigenvalue weighted by molar-refractivity contribution is -0.137. The fourth-order valence-corrected chi connectivity index (χ4v) is 5.52. The Morgan fingerprint density at radius 2 is 1.68 bits per heavy atom. The summed E-state index contributed by atoms with van der Waals surface area (Å²) in [6, 6.07) is 15.2. The van der Waals surface area contributed by atoms with Crippen molar-refractivity contribution in [3.05, 3.63) is 76.9 Å². The molecule has 4 rings (SSSR count). The maximum Gasteiger partial charge on any atom is 0.303 e. The third-order valence-corrected chi connectivity index (χ3v) is 8.09. The van der Waals surface area contributed by atoms with Gasteiger partial charge in [0.1, 0.15) is 12.6 Å². The number of unbranched alkanes of at least 4 members (excludes halogenated alkanes) is 1. The first-order valence-electron chi connectivity index (χ1n) is 16.3. The van der Waals surface area contributed by atoms with E-state index in [2.05, 4.69) is 21.3 Å². The van der Waals surface area contributed by atoms with E-state index < -0.39 is 29.7 Å². The zero-order valence-corrected chi connectivity index (χ0v) is 28.3. The lowest BCUT2D eigenvalue weighted by atomic mass is 10.1. The molecule has 1 aliphatic heterocycles. The molecule has 14 heteroatoms. The van der Waals surface area contributed by atoms with Crippen LogP contribution in [0.15, 0.2) is 54.6 Å². The average molecular weight is 690 g/mol. The van der Waals surface area contributed by atoms with Crippen LogP contribution >= 0.6 is 0 Å². The number of para-hydroxylation sites is 1. The molecule has 0 fully saturated rings. The van der Waals surface area contributed by atoms with Crippen LogP contribution in [0.2, 0.25) is 0 Å². The Morgan fingerprint density at radius 1 is 0.940 bits per heavy atom. The summed E-state index contributed by atoms with van der Waals surface area (Å²) in [5, 5.41) is 29.3. The molecular weight excluding hydrogens is 646 g/mol. The Labute approximate surface area is 290 Å². The smallest absolute Gasteiger partial charge is 0.303 e. The molecule has 1 atom stereocenters. The van der Waals surface area contributed by atoms with E-state index in [9.17, 15) is 29.1 Å². The normalized spacial score (nSPS) is 12.4. The minimum Gasteiger partial charge on any atom is -0.493 e. The number of aliphatic hydroxyl groups is 1. The summed E-state index contributed by atoms with van der Waals surface area (Å²) in [5.41, 5.74) is 4.48. The minimum atomic E-state index is -0.952. The van der Waals surface area contributed by atoms with Gasteiger partial charge in [0.15, 0.2) is 11.5 Å². The quantitative estimate of drug-likeness (QED) is 0.115. The van der Waals surface area contributed by atoms with Gasteiger partial charge in [0, 0.05) is 43.9 Å². The molecule has 6 N–H and O–H groups in total. The standard InChI is InChI=1S/C36H43N5O9/c1-22(39-33(44)19-38-32(43)10-6-7-11-34(45)46)35(47)40-26-15-23(20-42)14-24(16-26)21-50-31-18-28(37-2)27(17-30(31)49-3)36(48)41-13-12-25-8-4-5-9-29(25)41/h4-5,8-9,14-18,22,37,42H,6-7,10-13,19-21H2,1-3H3,(H,38,43)(H,39,44)(H,40,47)(H,45,46). The molecule has 0 bridgehead atoms. The van der Waals surface area contributed by atoms with E-state index in [4.69, 9.17) is 14.6 Å². The van der Waals surface area contributed by atoms with Crippen LogP contribution < -0.4 is 35.6 Å². The van der Waals surface area contributed by atoms with E-state index in [1.54, 1.807) is 42.3 Å². The second kappa shape index (κ2) is 17.7. The largest absolute Gasteiger partial charge is 0.493 e. The molecule has 14 nitrogen and oxygen atoms in total. The van der Waals surface area contributed by atoms with Crippen LogP contribution in [0.4, 0.5) is 17.1 Å². The number of aliphatic carboxylic acids is 1. The summed E-state index contributed by atoms with van der Waals surface area (Å²) in [6.45, 7) is 1.46. The van der Waals surface area contributed by atoms with Gasteiger partial charge < -0.3 is 45.9 Å². The number of anilines is 3. The number of nitrogens with one attached hydrogen (secondary N) is 4. The first-order chi connectivity index (χ1) is 24.0. The molecule has 0 aromatic heterocycles. The van der Waals surface area contributed by atoms with Crippen molar-refractivity contribution in [1.82, 2.24) is 10.6 Å². The number of aliphatic hydroxyl groups excluding tert-OH is 1. The van der Waals surface area contributed by atoms with Crippen LogP contribution in [0.25, 0.3) is 0 Å². The zero-order valence-electron chi connectivity index (χ0n) is 28.3. The minimum absolute atomic E-state index is 0.0329. The third-order valence-electron chi connectivity index (χ3n) is 8.09. The number of carboxylic acids is 1. The van der Waals surface area contributed by atoms with E-state index in [0.717, 1.165) is 17.7 Å². The number of carbonyl (C=O) groups is 5. The molecule has 0 saturated carbocycles. The van der Waals surface area contributed by atoms with Crippen molar-refractivity contribution >= 4 is 46.7 Å². The fraction of sp³-hybridized carbons (Fsp3) is 0.361. The Hall–Kier alpha value is -5.63. The predicted molar refractivity (Wildman–Crippen MR) is 186 cm³/mol. The van der Waals surface area contributed by atoms with E-state index >= 15 is 0 Å². The molecule has 3 aromatic rings. The summed E-state index contributed by atoms with van der Waals surface area (Å²) in [6.07, 6.45) is 1.57. The maximum atomic E-state index is 13.6. The van der Waals surface area contributed by atoms with Crippen molar-refractivity contribution in [2.45, 2.75) is 58.3 Å². The van der Waals surface area contributed by atoms with Gasteiger partial charge in [-0.3, -0.25) is 24.0 Å². The number of methoxy groups -OCH3 is 1. The van der Waals surface area contributed by atoms with Gasteiger partial charge >= 0.3 is 5.97 Å². The van der Waals surface area contributed by atoms with Crippen molar-refractivity contribution in [3.8, 4) is 11.5 Å². The van der Waals surface area contributed by atoms with Gasteiger partial charge in [-0.2, -0.15) is 0 Å². The number of hydrogen-bond donors (Lipinski definition) is 6. The van der Waals surface area contributed by atoms with E-state index in [1.165, 1.54) is 14.0 Å². The van der Waals surface area contributed by atoms with Crippen molar-refractivity contribution in [3.63, 3.8) is 0 Å². The Morgan fingerprint density at radius 3 is 2.40 bits per heavy atom. The summed E-state index contributed by atoms with van der Waals surface area (Å²) in [4.78, 5) is 63.1. The first-order valence-corrected chi connectivity index (χ1v) is 16.3. The summed E-state index contributed by atoms with van der Waals surface area (Å²) in [7, 11) is 3.20. The molecule has 0 spiro atoms. The van der Waals surface area contributed by atoms with Crippen molar-refractivity contribution in [1.29, 1.82) is 0 Å². The number of nitrogens with zero attached hydrogens (tertiary/aromatic N) is 1. The van der Waals surface area contributed by atoms with Crippen LogP contribution in [0.3, 0.4) is 0 Å². The SMILES string of the molecule is CNc1cc(OCc2cc(CO)cc(NC(=O)C(C)NC(=O)CNC(=O)CCCCC(=O)O)c2)c(OC)cc1C(=O)N1CCc2ccccc21. The second-order valence-electron chi connectivity index (χ2n) is 11.8. The molecule has 1 heterocycles. The molecule has 0 radical (unpaired) electrons. The zero-order chi connectivity index (χ0) is 36.2. The van der Waals surface area contributed by atoms with Crippen LogP contribution in [-0.2, 0) is 38.8 Å². The Kier molecular flexibility index (Phi) is 13.1. The lowest BCUT2D eigenvalue weighted by Gasteiger charge is -2.21. The van der Waals surface area contributed by atoms with Crippen LogP contribution in [-0.4, -0.2) is 73.1 Å². The number of amides is 4. The third kappa shape index (κ3) is 9.95. The first kappa shape index (κ1) is 37.2. The Balaban J connectivity index is 1.37. The van der Waals surface area contributed by atoms with Crippen LogP contribution in [0, 0.1) is 0 Å². The number of hydrogen-bond acceptors (Lipinski definition) is 9. The molecule has 50 heavy (non-hydrogen) atoms. The lowest BCUT2D eigenvalue weighted by Crippen LogP contribution is -2.45. The molecule has 1 unspecified atom stereocenters. The van der Waals surface area contributed by atoms with Gasteiger partial charge in [0.05, 0.1) is 31.5 Å². The summed E-state index contributed by atoms with van der Waals surface area (Å²) >= 11 is 0. The van der Waals surface area contributed by atoms with Gasteiger partial charge in [-0.15, -0.1) is 0 Å². The van der Waals surface area contributed by atoms with Gasteiger partial charge in [-0.25, -0.2) is 0 Å². The van der Waals surface area contributed by atoms with Crippen molar-refractivity contribution in [2.24, 2.45) is 0 Å². The molecular formula is C36H43N5O9.